The first kappa shape index (κ1) is 19.2. The Balaban J connectivity index is 2.27. The highest BCUT2D eigenvalue weighted by molar-refractivity contribution is 5.00. The molecule has 2 fully saturated rings. The van der Waals surface area contributed by atoms with E-state index < -0.39 is 5.60 Å². The normalized spacial score (nSPS) is 39.0. The molecule has 0 aromatic heterocycles. The van der Waals surface area contributed by atoms with Gasteiger partial charge < -0.3 is 10.2 Å². The Morgan fingerprint density at radius 3 is 1.52 bits per heavy atom. The zero-order valence-electron chi connectivity index (χ0n) is 15.5. The number of rotatable bonds is 1. The van der Waals surface area contributed by atoms with Crippen LogP contribution < -0.4 is 0 Å². The zero-order chi connectivity index (χ0) is 16.6. The van der Waals surface area contributed by atoms with Gasteiger partial charge in [-0.05, 0) is 31.6 Å². The summed E-state index contributed by atoms with van der Waals surface area (Å²) in [7, 11) is 0. The summed E-state index contributed by atoms with van der Waals surface area (Å²) in [5.74, 6) is 0.480. The summed E-state index contributed by atoms with van der Waals surface area (Å²) in [4.78, 5) is 0. The summed E-state index contributed by atoms with van der Waals surface area (Å²) in [5, 5.41) is 22.0. The van der Waals surface area contributed by atoms with Crippen molar-refractivity contribution in [1.29, 1.82) is 0 Å². The van der Waals surface area contributed by atoms with E-state index >= 15 is 0 Å². The van der Waals surface area contributed by atoms with Gasteiger partial charge in [-0.3, -0.25) is 0 Å². The largest absolute Gasteiger partial charge is 0.396 e. The van der Waals surface area contributed by atoms with Crippen molar-refractivity contribution >= 4 is 0 Å². The first-order valence-corrected chi connectivity index (χ1v) is 10.5. The van der Waals surface area contributed by atoms with Crippen LogP contribution in [0.15, 0.2) is 0 Å². The van der Waals surface area contributed by atoms with E-state index in [-0.39, 0.29) is 12.0 Å². The van der Waals surface area contributed by atoms with Crippen molar-refractivity contribution in [2.45, 2.75) is 115 Å². The van der Waals surface area contributed by atoms with Gasteiger partial charge in [-0.15, -0.1) is 0 Å². The standard InChI is InChI=1S/C21H40O2/c1-20(18-22)19-14-10-6-2-4-8-12-16-21(20,23)17-13-9-5-3-7-11-15-19/h19,22-23H,2-18H2,1H3. The molecular formula is C21H40O2. The van der Waals surface area contributed by atoms with Crippen LogP contribution in [0.1, 0.15) is 110 Å². The smallest absolute Gasteiger partial charge is 0.0725 e. The molecule has 2 aliphatic carbocycles. The molecular weight excluding hydrogens is 284 g/mol. The molecule has 0 aromatic rings. The maximum atomic E-state index is 11.7. The van der Waals surface area contributed by atoms with E-state index in [2.05, 4.69) is 6.92 Å². The highest BCUT2D eigenvalue weighted by atomic mass is 16.3. The minimum absolute atomic E-state index is 0.147. The van der Waals surface area contributed by atoms with Gasteiger partial charge in [-0.2, -0.15) is 0 Å². The summed E-state index contributed by atoms with van der Waals surface area (Å²) in [6, 6.07) is 0. The van der Waals surface area contributed by atoms with Crippen LogP contribution in [0.25, 0.3) is 0 Å². The Kier molecular flexibility index (Phi) is 7.88. The Morgan fingerprint density at radius 1 is 0.696 bits per heavy atom. The van der Waals surface area contributed by atoms with Crippen LogP contribution in [0, 0.1) is 11.3 Å². The molecule has 2 heteroatoms. The topological polar surface area (TPSA) is 40.5 Å². The fourth-order valence-corrected chi connectivity index (χ4v) is 5.16. The molecule has 0 aromatic carbocycles. The fraction of sp³-hybridized carbons (Fsp3) is 1.00. The van der Waals surface area contributed by atoms with Crippen LogP contribution in [-0.2, 0) is 0 Å². The van der Waals surface area contributed by atoms with E-state index in [1.165, 1.54) is 77.0 Å². The van der Waals surface area contributed by atoms with Crippen molar-refractivity contribution in [2.24, 2.45) is 11.3 Å². The van der Waals surface area contributed by atoms with Gasteiger partial charge >= 0.3 is 0 Å². The minimum Gasteiger partial charge on any atom is -0.396 e. The number of fused-ring (bicyclic) bond motifs is 2. The second-order valence-corrected chi connectivity index (χ2v) is 8.62. The van der Waals surface area contributed by atoms with Crippen LogP contribution in [0.5, 0.6) is 0 Å². The molecule has 1 atom stereocenters. The molecule has 0 aliphatic heterocycles. The second-order valence-electron chi connectivity index (χ2n) is 8.62. The van der Waals surface area contributed by atoms with Crippen molar-refractivity contribution in [3.05, 3.63) is 0 Å². The third-order valence-electron chi connectivity index (χ3n) is 7.08. The first-order valence-electron chi connectivity index (χ1n) is 10.5. The molecule has 0 heterocycles. The maximum absolute atomic E-state index is 11.7. The van der Waals surface area contributed by atoms with E-state index in [0.29, 0.717) is 5.92 Å². The average molecular weight is 325 g/mol. The van der Waals surface area contributed by atoms with Gasteiger partial charge in [0.15, 0.2) is 0 Å². The van der Waals surface area contributed by atoms with Crippen LogP contribution >= 0.6 is 0 Å². The van der Waals surface area contributed by atoms with E-state index in [9.17, 15) is 10.2 Å². The molecule has 2 aliphatic rings. The van der Waals surface area contributed by atoms with E-state index in [4.69, 9.17) is 0 Å². The predicted octanol–water partition coefficient (Wildman–Crippen LogP) is 5.60. The lowest BCUT2D eigenvalue weighted by Crippen LogP contribution is -2.53. The average Bonchev–Trinajstić information content (AvgIpc) is 2.59. The van der Waals surface area contributed by atoms with E-state index in [1.807, 2.05) is 0 Å². The van der Waals surface area contributed by atoms with E-state index in [1.54, 1.807) is 0 Å². The summed E-state index contributed by atoms with van der Waals surface area (Å²) in [5.41, 5.74) is -0.983. The van der Waals surface area contributed by atoms with Crippen molar-refractivity contribution < 1.29 is 10.2 Å². The lowest BCUT2D eigenvalue weighted by Gasteiger charge is -2.49. The van der Waals surface area contributed by atoms with Crippen LogP contribution in [0.2, 0.25) is 0 Å². The zero-order valence-corrected chi connectivity index (χ0v) is 15.5. The summed E-state index contributed by atoms with van der Waals surface area (Å²) in [6.45, 7) is 2.35. The number of hydrogen-bond acceptors (Lipinski definition) is 2. The second kappa shape index (κ2) is 9.42. The SMILES string of the molecule is CC1(CO)C2CCCCCCCCC1(O)CCCCCCCC2. The predicted molar refractivity (Wildman–Crippen MR) is 97.5 cm³/mol. The van der Waals surface area contributed by atoms with Crippen molar-refractivity contribution in [2.75, 3.05) is 6.61 Å². The number of hydrogen-bond donors (Lipinski definition) is 2. The van der Waals surface area contributed by atoms with Crippen LogP contribution in [-0.4, -0.2) is 22.4 Å². The lowest BCUT2D eigenvalue weighted by molar-refractivity contribution is -0.145. The van der Waals surface area contributed by atoms with Gasteiger partial charge in [-0.25, -0.2) is 0 Å². The number of aliphatic hydroxyl groups excluding tert-OH is 1. The molecule has 0 saturated heterocycles. The highest BCUT2D eigenvalue weighted by Crippen LogP contribution is 2.49. The van der Waals surface area contributed by atoms with Gasteiger partial charge in [0.1, 0.15) is 0 Å². The first-order chi connectivity index (χ1) is 11.1. The molecule has 2 saturated carbocycles. The Labute approximate surface area is 144 Å². The summed E-state index contributed by atoms with van der Waals surface area (Å²) in [6.07, 6.45) is 19.4. The van der Waals surface area contributed by atoms with Crippen molar-refractivity contribution in [3.63, 3.8) is 0 Å². The van der Waals surface area contributed by atoms with Gasteiger partial charge in [0.2, 0.25) is 0 Å². The monoisotopic (exact) mass is 324 g/mol. The summed E-state index contributed by atoms with van der Waals surface area (Å²) < 4.78 is 0. The Morgan fingerprint density at radius 2 is 1.09 bits per heavy atom. The molecule has 23 heavy (non-hydrogen) atoms. The highest BCUT2D eigenvalue weighted by Gasteiger charge is 2.49. The molecule has 1 unspecified atom stereocenters. The summed E-state index contributed by atoms with van der Waals surface area (Å²) >= 11 is 0. The fourth-order valence-electron chi connectivity index (χ4n) is 5.16. The van der Waals surface area contributed by atoms with Gasteiger partial charge in [0.25, 0.3) is 0 Å². The molecule has 2 bridgehead atoms. The van der Waals surface area contributed by atoms with Crippen molar-refractivity contribution in [1.82, 2.24) is 0 Å². The minimum atomic E-state index is -0.666. The molecule has 2 rings (SSSR count). The molecule has 0 radical (unpaired) electrons. The lowest BCUT2D eigenvalue weighted by atomic mass is 9.60. The van der Waals surface area contributed by atoms with Crippen molar-refractivity contribution in [3.8, 4) is 0 Å². The van der Waals surface area contributed by atoms with Crippen LogP contribution in [0.4, 0.5) is 0 Å². The Bertz CT molecular complexity index is 308. The third-order valence-corrected chi connectivity index (χ3v) is 7.08. The molecule has 2 N–H and O–H groups in total. The molecule has 136 valence electrons. The van der Waals surface area contributed by atoms with Gasteiger partial charge in [0.05, 0.1) is 12.2 Å². The van der Waals surface area contributed by atoms with Crippen LogP contribution in [0.3, 0.4) is 0 Å². The van der Waals surface area contributed by atoms with Gasteiger partial charge in [0, 0.05) is 5.41 Å². The molecule has 0 amide bonds. The van der Waals surface area contributed by atoms with Gasteiger partial charge in [-0.1, -0.05) is 84.0 Å². The molecule has 0 spiro atoms. The quantitative estimate of drug-likeness (QED) is 0.659. The van der Waals surface area contributed by atoms with E-state index in [0.717, 1.165) is 25.7 Å². The molecule has 2 nitrogen and oxygen atoms in total. The Hall–Kier alpha value is -0.0800. The number of aliphatic hydroxyl groups is 2. The maximum Gasteiger partial charge on any atom is 0.0725 e. The third kappa shape index (κ3) is 4.95.